The lowest BCUT2D eigenvalue weighted by atomic mass is 10.0. The van der Waals surface area contributed by atoms with E-state index < -0.39 is 6.10 Å². The lowest BCUT2D eigenvalue weighted by molar-refractivity contribution is -0.167. The lowest BCUT2D eigenvalue weighted by Gasteiger charge is -2.18. The van der Waals surface area contributed by atoms with E-state index in [4.69, 9.17) is 14.2 Å². The van der Waals surface area contributed by atoms with Gasteiger partial charge in [0.2, 0.25) is 0 Å². The molecule has 0 radical (unpaired) electrons. The van der Waals surface area contributed by atoms with Crippen LogP contribution in [0.1, 0.15) is 265 Å². The minimum Gasteiger partial charge on any atom is -0.462 e. The third-order valence-electron chi connectivity index (χ3n) is 12.1. The van der Waals surface area contributed by atoms with Gasteiger partial charge in [0.25, 0.3) is 0 Å². The van der Waals surface area contributed by atoms with Crippen molar-refractivity contribution in [3.63, 3.8) is 0 Å². The molecule has 0 saturated carbocycles. The Morgan fingerprint density at radius 1 is 0.304 bits per heavy atom. The highest BCUT2D eigenvalue weighted by Crippen LogP contribution is 2.16. The van der Waals surface area contributed by atoms with Crippen LogP contribution in [-0.4, -0.2) is 37.2 Å². The number of carbonyl (C=O) groups is 3. The number of esters is 3. The van der Waals surface area contributed by atoms with Gasteiger partial charge in [-0.15, -0.1) is 0 Å². The highest BCUT2D eigenvalue weighted by atomic mass is 16.6. The molecule has 0 aromatic carbocycles. The van der Waals surface area contributed by atoms with Crippen LogP contribution in [0.3, 0.4) is 0 Å². The van der Waals surface area contributed by atoms with Crippen molar-refractivity contribution in [3.05, 3.63) is 97.2 Å². The molecular formula is C63H106O6. The van der Waals surface area contributed by atoms with Crippen LogP contribution in [0.2, 0.25) is 0 Å². The molecule has 1 unspecified atom stereocenters. The monoisotopic (exact) mass is 959 g/mol. The molecule has 0 saturated heterocycles. The largest absolute Gasteiger partial charge is 0.462 e. The van der Waals surface area contributed by atoms with Crippen molar-refractivity contribution in [3.8, 4) is 0 Å². The molecule has 0 N–H and O–H groups in total. The Morgan fingerprint density at radius 3 is 1.00 bits per heavy atom. The summed E-state index contributed by atoms with van der Waals surface area (Å²) in [5, 5.41) is 0. The van der Waals surface area contributed by atoms with Crippen LogP contribution < -0.4 is 0 Å². The number of unbranched alkanes of at least 4 members (excludes halogenated alkanes) is 24. The number of hydrogen-bond donors (Lipinski definition) is 0. The minimum absolute atomic E-state index is 0.0986. The van der Waals surface area contributed by atoms with Gasteiger partial charge < -0.3 is 14.2 Å². The van der Waals surface area contributed by atoms with Crippen LogP contribution in [0.4, 0.5) is 0 Å². The average molecular weight is 960 g/mol. The zero-order valence-corrected chi connectivity index (χ0v) is 45.0. The van der Waals surface area contributed by atoms with Gasteiger partial charge in [-0.2, -0.15) is 0 Å². The third-order valence-corrected chi connectivity index (χ3v) is 12.1. The van der Waals surface area contributed by atoms with Crippen molar-refractivity contribution >= 4 is 17.9 Å². The van der Waals surface area contributed by atoms with Gasteiger partial charge in [0.1, 0.15) is 13.2 Å². The van der Waals surface area contributed by atoms with Crippen molar-refractivity contribution in [2.45, 2.75) is 271 Å². The van der Waals surface area contributed by atoms with Crippen LogP contribution in [0.25, 0.3) is 0 Å². The summed E-state index contributed by atoms with van der Waals surface area (Å²) in [6, 6.07) is 0. The van der Waals surface area contributed by atoms with E-state index in [2.05, 4.69) is 118 Å². The first-order valence-electron chi connectivity index (χ1n) is 28.7. The molecule has 0 spiro atoms. The summed E-state index contributed by atoms with van der Waals surface area (Å²) in [5.41, 5.74) is 0. The number of hydrogen-bond acceptors (Lipinski definition) is 6. The molecule has 0 aromatic heterocycles. The minimum atomic E-state index is -0.803. The smallest absolute Gasteiger partial charge is 0.306 e. The molecule has 0 amide bonds. The topological polar surface area (TPSA) is 78.9 Å². The predicted octanol–water partition coefficient (Wildman–Crippen LogP) is 19.3. The van der Waals surface area contributed by atoms with Crippen molar-refractivity contribution in [1.82, 2.24) is 0 Å². The van der Waals surface area contributed by atoms with Gasteiger partial charge in [0.05, 0.1) is 0 Å². The van der Waals surface area contributed by atoms with E-state index in [0.29, 0.717) is 19.3 Å². The number of ether oxygens (including phenoxy) is 3. The Kier molecular flexibility index (Phi) is 53.9. The van der Waals surface area contributed by atoms with Gasteiger partial charge >= 0.3 is 17.9 Å². The Hall–Kier alpha value is -3.67. The number of rotatable bonds is 51. The van der Waals surface area contributed by atoms with Gasteiger partial charge in [-0.05, 0) is 89.9 Å². The van der Waals surface area contributed by atoms with E-state index in [0.717, 1.165) is 103 Å². The maximum Gasteiger partial charge on any atom is 0.306 e. The Bertz CT molecular complexity index is 1380. The maximum absolute atomic E-state index is 12.8. The van der Waals surface area contributed by atoms with Crippen molar-refractivity contribution in [2.24, 2.45) is 0 Å². The fraction of sp³-hybridized carbons (Fsp3) is 0.698. The van der Waals surface area contributed by atoms with Crippen LogP contribution >= 0.6 is 0 Å². The fourth-order valence-corrected chi connectivity index (χ4v) is 7.77. The molecule has 6 nitrogen and oxygen atoms in total. The quantitative estimate of drug-likeness (QED) is 0.0262. The van der Waals surface area contributed by atoms with Gasteiger partial charge in [-0.25, -0.2) is 0 Å². The first-order chi connectivity index (χ1) is 34.0. The molecule has 6 heteroatoms. The maximum atomic E-state index is 12.8. The molecule has 0 heterocycles. The molecule has 69 heavy (non-hydrogen) atoms. The molecule has 0 rings (SSSR count). The molecule has 0 fully saturated rings. The summed E-state index contributed by atoms with van der Waals surface area (Å²) in [4.78, 5) is 38.1. The fourth-order valence-electron chi connectivity index (χ4n) is 7.77. The zero-order valence-electron chi connectivity index (χ0n) is 45.0. The van der Waals surface area contributed by atoms with Crippen molar-refractivity contribution < 1.29 is 28.6 Å². The van der Waals surface area contributed by atoms with E-state index in [-0.39, 0.29) is 37.5 Å². The van der Waals surface area contributed by atoms with Crippen molar-refractivity contribution in [2.75, 3.05) is 13.2 Å². The highest BCUT2D eigenvalue weighted by molar-refractivity contribution is 5.71. The van der Waals surface area contributed by atoms with Gasteiger partial charge in [-0.1, -0.05) is 253 Å². The Morgan fingerprint density at radius 2 is 0.594 bits per heavy atom. The molecule has 0 aliphatic carbocycles. The number of carbonyl (C=O) groups excluding carboxylic acids is 3. The van der Waals surface area contributed by atoms with Gasteiger partial charge in [0.15, 0.2) is 6.10 Å². The highest BCUT2D eigenvalue weighted by Gasteiger charge is 2.19. The van der Waals surface area contributed by atoms with E-state index in [1.807, 2.05) is 0 Å². The van der Waals surface area contributed by atoms with E-state index in [1.165, 1.54) is 116 Å². The SMILES string of the molecule is CC/C=C\C/C=C\C/C=C\C/C=C\C/C=C\C/C=C\C/C=C\CCCC(=O)OCC(COC(=O)CCCCCCC/C=C\CCCC)OC(=O)CCCCCCCCCCCCCCCCCCC. The first kappa shape index (κ1) is 65.3. The second-order valence-corrected chi connectivity index (χ2v) is 18.8. The summed E-state index contributed by atoms with van der Waals surface area (Å²) >= 11 is 0. The average Bonchev–Trinajstić information content (AvgIpc) is 3.35. The molecule has 394 valence electrons. The molecule has 0 aliphatic heterocycles. The number of allylic oxidation sites excluding steroid dienone is 16. The molecule has 0 bridgehead atoms. The second kappa shape index (κ2) is 56.9. The van der Waals surface area contributed by atoms with Crippen LogP contribution in [0, 0.1) is 0 Å². The molecule has 1 atom stereocenters. The van der Waals surface area contributed by atoms with Crippen LogP contribution in [0.15, 0.2) is 97.2 Å². The van der Waals surface area contributed by atoms with E-state index >= 15 is 0 Å². The first-order valence-corrected chi connectivity index (χ1v) is 28.7. The van der Waals surface area contributed by atoms with Crippen LogP contribution in [0.5, 0.6) is 0 Å². The molecular weight excluding hydrogens is 853 g/mol. The van der Waals surface area contributed by atoms with Crippen LogP contribution in [-0.2, 0) is 28.6 Å². The standard InChI is InChI=1S/C63H106O6/c1-4-7-10-13-16-19-22-24-26-28-29-30-31-32-33-35-36-38-41-44-47-50-53-56-62(65)68-59-60(58-67-61(64)55-52-49-46-43-40-21-18-15-12-9-6-3)69-63(66)57-54-51-48-45-42-39-37-34-27-25-23-20-17-14-11-8-5-2/h7,10,15-16,18-19,24,26,29-30,32-33,36,38,44,47,60H,4-6,8-9,11-14,17,20-23,25,27-28,31,34-35,37,39-43,45-46,48-59H2,1-3H3/b10-7-,18-15-,19-16-,26-24-,30-29-,33-32-,38-36-,47-44-. The summed E-state index contributed by atoms with van der Waals surface area (Å²) in [6.45, 7) is 6.44. The van der Waals surface area contributed by atoms with Gasteiger partial charge in [0, 0.05) is 19.3 Å². The van der Waals surface area contributed by atoms with E-state index in [1.54, 1.807) is 0 Å². The summed E-state index contributed by atoms with van der Waals surface area (Å²) in [5.74, 6) is -0.965. The molecule has 0 aliphatic rings. The van der Waals surface area contributed by atoms with E-state index in [9.17, 15) is 14.4 Å². The second-order valence-electron chi connectivity index (χ2n) is 18.8. The Labute approximate surface area is 426 Å². The Balaban J connectivity index is 4.43. The van der Waals surface area contributed by atoms with Gasteiger partial charge in [-0.3, -0.25) is 14.4 Å². The third kappa shape index (κ3) is 55.1. The predicted molar refractivity (Wildman–Crippen MR) is 297 cm³/mol. The van der Waals surface area contributed by atoms with Crippen molar-refractivity contribution in [1.29, 1.82) is 0 Å². The lowest BCUT2D eigenvalue weighted by Crippen LogP contribution is -2.30. The summed E-state index contributed by atoms with van der Waals surface area (Å²) in [6.07, 6.45) is 75.5. The zero-order chi connectivity index (χ0) is 50.0. The molecule has 0 aromatic rings. The normalized spacial score (nSPS) is 12.8. The summed E-state index contributed by atoms with van der Waals surface area (Å²) in [7, 11) is 0. The summed E-state index contributed by atoms with van der Waals surface area (Å²) < 4.78 is 16.8.